The minimum Gasteiger partial charge on any atom is -0.361 e. The zero-order chi connectivity index (χ0) is 20.2. The molecule has 0 aliphatic carbocycles. The number of aromatic nitrogens is 5. The number of carbonyl (C=O) groups excluding carboxylic acids is 1. The molecule has 8 heteroatoms. The maximum atomic E-state index is 12.9. The van der Waals surface area contributed by atoms with Gasteiger partial charge in [-0.15, -0.1) is 5.10 Å². The molecule has 3 aromatic heterocycles. The van der Waals surface area contributed by atoms with Crippen LogP contribution in [0, 0.1) is 13.8 Å². The lowest BCUT2D eigenvalue weighted by molar-refractivity contribution is 0.0946. The molecule has 3 heterocycles. The van der Waals surface area contributed by atoms with Crippen LogP contribution in [-0.2, 0) is 13.1 Å². The monoisotopic (exact) mass is 388 g/mol. The first-order chi connectivity index (χ1) is 14.1. The zero-order valence-electron chi connectivity index (χ0n) is 16.2. The van der Waals surface area contributed by atoms with Gasteiger partial charge in [0, 0.05) is 30.1 Å². The Kier molecular flexibility index (Phi) is 5.15. The van der Waals surface area contributed by atoms with Crippen molar-refractivity contribution in [1.29, 1.82) is 0 Å². The molecule has 1 N–H and O–H groups in total. The van der Waals surface area contributed by atoms with E-state index in [-0.39, 0.29) is 11.6 Å². The maximum Gasteiger partial charge on any atom is 0.274 e. The summed E-state index contributed by atoms with van der Waals surface area (Å²) in [6.45, 7) is 4.47. The van der Waals surface area contributed by atoms with E-state index in [0.717, 1.165) is 22.4 Å². The van der Waals surface area contributed by atoms with Gasteiger partial charge in [0.1, 0.15) is 11.5 Å². The molecule has 4 aromatic rings. The summed E-state index contributed by atoms with van der Waals surface area (Å²) in [6.07, 6.45) is 3.36. The number of carbonyl (C=O) groups is 1. The summed E-state index contributed by atoms with van der Waals surface area (Å²) in [5.74, 6) is 0.376. The average molecular weight is 388 g/mol. The van der Waals surface area contributed by atoms with Crippen LogP contribution in [0.3, 0.4) is 0 Å². The summed E-state index contributed by atoms with van der Waals surface area (Å²) in [7, 11) is 0. The lowest BCUT2D eigenvalue weighted by atomic mass is 10.1. The Hall–Kier alpha value is -3.81. The molecule has 4 rings (SSSR count). The second-order valence-corrected chi connectivity index (χ2v) is 6.65. The van der Waals surface area contributed by atoms with Gasteiger partial charge in [0.2, 0.25) is 0 Å². The fourth-order valence-electron chi connectivity index (χ4n) is 3.14. The van der Waals surface area contributed by atoms with Crippen LogP contribution < -0.4 is 5.32 Å². The molecule has 146 valence electrons. The normalized spacial score (nSPS) is 10.8. The van der Waals surface area contributed by atoms with Gasteiger partial charge < -0.3 is 9.84 Å². The maximum absolute atomic E-state index is 12.9. The fraction of sp³-hybridized carbons (Fsp3) is 0.190. The van der Waals surface area contributed by atoms with E-state index in [2.05, 4.69) is 25.8 Å². The number of nitrogens with one attached hydrogen (secondary N) is 1. The zero-order valence-corrected chi connectivity index (χ0v) is 16.2. The van der Waals surface area contributed by atoms with Gasteiger partial charge in [-0.25, -0.2) is 4.68 Å². The third kappa shape index (κ3) is 3.91. The van der Waals surface area contributed by atoms with Crippen LogP contribution in [0.1, 0.15) is 33.1 Å². The van der Waals surface area contributed by atoms with Crippen molar-refractivity contribution in [3.63, 3.8) is 0 Å². The minimum absolute atomic E-state index is 0.263. The summed E-state index contributed by atoms with van der Waals surface area (Å²) in [5.41, 5.74) is 4.41. The van der Waals surface area contributed by atoms with Crippen LogP contribution in [0.2, 0.25) is 0 Å². The number of amides is 1. The second-order valence-electron chi connectivity index (χ2n) is 6.65. The smallest absolute Gasteiger partial charge is 0.274 e. The van der Waals surface area contributed by atoms with Crippen LogP contribution in [0.4, 0.5) is 0 Å². The van der Waals surface area contributed by atoms with Crippen molar-refractivity contribution in [3.05, 3.63) is 83.1 Å². The molecular weight excluding hydrogens is 368 g/mol. The number of benzene rings is 1. The Morgan fingerprint density at radius 3 is 2.55 bits per heavy atom. The van der Waals surface area contributed by atoms with E-state index in [9.17, 15) is 4.79 Å². The van der Waals surface area contributed by atoms with Gasteiger partial charge in [0.15, 0.2) is 5.69 Å². The first-order valence-electron chi connectivity index (χ1n) is 9.21. The van der Waals surface area contributed by atoms with Gasteiger partial charge >= 0.3 is 0 Å². The Morgan fingerprint density at radius 1 is 1.10 bits per heavy atom. The number of nitrogens with zero attached hydrogens (tertiary/aromatic N) is 5. The van der Waals surface area contributed by atoms with E-state index in [1.807, 2.05) is 56.3 Å². The summed E-state index contributed by atoms with van der Waals surface area (Å²) >= 11 is 0. The van der Waals surface area contributed by atoms with Crippen LogP contribution >= 0.6 is 0 Å². The number of hydrogen-bond donors (Lipinski definition) is 1. The number of aryl methyl sites for hydroxylation is 2. The van der Waals surface area contributed by atoms with Crippen molar-refractivity contribution >= 4 is 5.91 Å². The number of hydrogen-bond acceptors (Lipinski definition) is 6. The van der Waals surface area contributed by atoms with Gasteiger partial charge in [-0.05, 0) is 31.5 Å². The molecular formula is C21H20N6O2. The number of pyridine rings is 1. The van der Waals surface area contributed by atoms with E-state index < -0.39 is 0 Å². The van der Waals surface area contributed by atoms with Gasteiger partial charge in [-0.3, -0.25) is 9.78 Å². The quantitative estimate of drug-likeness (QED) is 0.545. The van der Waals surface area contributed by atoms with Crippen molar-refractivity contribution in [2.45, 2.75) is 26.9 Å². The van der Waals surface area contributed by atoms with Crippen LogP contribution in [0.5, 0.6) is 0 Å². The van der Waals surface area contributed by atoms with E-state index in [4.69, 9.17) is 4.52 Å². The topological polar surface area (TPSA) is 98.7 Å². The Morgan fingerprint density at radius 2 is 1.86 bits per heavy atom. The molecule has 29 heavy (non-hydrogen) atoms. The molecule has 0 aliphatic rings. The van der Waals surface area contributed by atoms with Crippen LogP contribution in [0.25, 0.3) is 11.3 Å². The second kappa shape index (κ2) is 8.05. The van der Waals surface area contributed by atoms with Crippen molar-refractivity contribution < 1.29 is 9.32 Å². The molecule has 0 fully saturated rings. The summed E-state index contributed by atoms with van der Waals surface area (Å²) in [6, 6.07) is 13.6. The lowest BCUT2D eigenvalue weighted by Gasteiger charge is -2.09. The lowest BCUT2D eigenvalue weighted by Crippen LogP contribution is -2.24. The average Bonchev–Trinajstić information content (AvgIpc) is 3.31. The molecule has 1 amide bonds. The third-order valence-corrected chi connectivity index (χ3v) is 4.69. The molecule has 0 spiro atoms. The van der Waals surface area contributed by atoms with Crippen LogP contribution in [0.15, 0.2) is 59.4 Å². The van der Waals surface area contributed by atoms with Gasteiger partial charge in [-0.2, -0.15) is 0 Å². The highest BCUT2D eigenvalue weighted by atomic mass is 16.5. The first-order valence-corrected chi connectivity index (χ1v) is 9.21. The van der Waals surface area contributed by atoms with E-state index in [0.29, 0.717) is 24.5 Å². The molecule has 0 saturated heterocycles. The molecule has 8 nitrogen and oxygen atoms in total. The molecule has 0 radical (unpaired) electrons. The fourth-order valence-corrected chi connectivity index (χ4v) is 3.14. The summed E-state index contributed by atoms with van der Waals surface area (Å²) in [4.78, 5) is 17.0. The predicted octanol–water partition coefficient (Wildman–Crippen LogP) is 2.92. The molecule has 0 unspecified atom stereocenters. The van der Waals surface area contributed by atoms with Gasteiger partial charge in [-0.1, -0.05) is 40.7 Å². The SMILES string of the molecule is Cc1noc(C)c1CNC(=O)c1nnn(Cc2ccccc2)c1-c1ccncc1. The van der Waals surface area contributed by atoms with E-state index in [1.165, 1.54) is 0 Å². The van der Waals surface area contributed by atoms with E-state index >= 15 is 0 Å². The Labute approximate surface area is 167 Å². The highest BCUT2D eigenvalue weighted by molar-refractivity contribution is 5.98. The van der Waals surface area contributed by atoms with Crippen molar-refractivity contribution in [3.8, 4) is 11.3 Å². The predicted molar refractivity (Wildman–Crippen MR) is 106 cm³/mol. The molecule has 0 aliphatic heterocycles. The summed E-state index contributed by atoms with van der Waals surface area (Å²) < 4.78 is 6.89. The molecule has 0 atom stereocenters. The largest absolute Gasteiger partial charge is 0.361 e. The Balaban J connectivity index is 1.65. The molecule has 0 saturated carbocycles. The highest BCUT2D eigenvalue weighted by Gasteiger charge is 2.22. The van der Waals surface area contributed by atoms with Crippen molar-refractivity contribution in [2.75, 3.05) is 0 Å². The third-order valence-electron chi connectivity index (χ3n) is 4.69. The standard InChI is InChI=1S/C21H20N6O2/c1-14-18(15(2)29-25-14)12-23-21(28)19-20(17-8-10-22-11-9-17)27(26-24-19)13-16-6-4-3-5-7-16/h3-11H,12-13H2,1-2H3,(H,23,28). The highest BCUT2D eigenvalue weighted by Crippen LogP contribution is 2.23. The molecule has 1 aromatic carbocycles. The van der Waals surface area contributed by atoms with Gasteiger partial charge in [0.25, 0.3) is 5.91 Å². The van der Waals surface area contributed by atoms with Crippen molar-refractivity contribution in [2.24, 2.45) is 0 Å². The minimum atomic E-state index is -0.309. The molecule has 0 bridgehead atoms. The van der Waals surface area contributed by atoms with E-state index in [1.54, 1.807) is 17.1 Å². The first kappa shape index (κ1) is 18.5. The number of rotatable bonds is 6. The van der Waals surface area contributed by atoms with Gasteiger partial charge in [0.05, 0.1) is 12.2 Å². The Bertz CT molecular complexity index is 1100. The summed E-state index contributed by atoms with van der Waals surface area (Å²) in [5, 5.41) is 15.2. The van der Waals surface area contributed by atoms with Crippen molar-refractivity contribution in [1.82, 2.24) is 30.5 Å². The van der Waals surface area contributed by atoms with Crippen LogP contribution in [-0.4, -0.2) is 31.0 Å².